The summed E-state index contributed by atoms with van der Waals surface area (Å²) in [7, 11) is 0. The Hall–Kier alpha value is -0.960. The summed E-state index contributed by atoms with van der Waals surface area (Å²) in [6.45, 7) is 1.55. The first-order chi connectivity index (χ1) is 7.11. The van der Waals surface area contributed by atoms with Gasteiger partial charge in [-0.1, -0.05) is 18.6 Å². The fourth-order valence-corrected chi connectivity index (χ4v) is 1.97. The molecule has 0 bridgehead atoms. The van der Waals surface area contributed by atoms with Crippen LogP contribution in [0.15, 0.2) is 12.1 Å². The summed E-state index contributed by atoms with van der Waals surface area (Å²) in [6.07, 6.45) is 3.19. The van der Waals surface area contributed by atoms with Crippen molar-refractivity contribution in [2.24, 2.45) is 11.7 Å². The average Bonchev–Trinajstić information content (AvgIpc) is 2.11. The third-order valence-corrected chi connectivity index (χ3v) is 3.32. The number of hydrogen-bond donors (Lipinski definition) is 1. The first kappa shape index (κ1) is 10.6. The van der Waals surface area contributed by atoms with Crippen molar-refractivity contribution >= 4 is 0 Å². The molecule has 0 heterocycles. The van der Waals surface area contributed by atoms with E-state index < -0.39 is 11.6 Å². The Labute approximate surface area is 88.3 Å². The molecule has 2 N–H and O–H groups in total. The fraction of sp³-hybridized carbons (Fsp3) is 0.500. The second-order valence-corrected chi connectivity index (χ2v) is 4.32. The zero-order valence-corrected chi connectivity index (χ0v) is 8.76. The average molecular weight is 211 g/mol. The van der Waals surface area contributed by atoms with Gasteiger partial charge < -0.3 is 5.73 Å². The van der Waals surface area contributed by atoms with Crippen molar-refractivity contribution in [3.8, 4) is 0 Å². The van der Waals surface area contributed by atoms with Crippen LogP contribution in [0.3, 0.4) is 0 Å². The summed E-state index contributed by atoms with van der Waals surface area (Å²) in [5, 5.41) is 0. The highest BCUT2D eigenvalue weighted by Crippen LogP contribution is 2.37. The molecule has 0 saturated heterocycles. The Morgan fingerprint density at radius 3 is 2.47 bits per heavy atom. The van der Waals surface area contributed by atoms with E-state index in [9.17, 15) is 8.78 Å². The molecule has 1 fully saturated rings. The lowest BCUT2D eigenvalue weighted by atomic mass is 9.77. The molecule has 2 rings (SSSR count). The highest BCUT2D eigenvalue weighted by molar-refractivity contribution is 5.28. The van der Waals surface area contributed by atoms with Crippen LogP contribution < -0.4 is 5.73 Å². The summed E-state index contributed by atoms with van der Waals surface area (Å²) in [5.41, 5.74) is 6.57. The molecule has 0 aliphatic heterocycles. The third kappa shape index (κ3) is 1.76. The van der Waals surface area contributed by atoms with E-state index >= 15 is 0 Å². The molecule has 1 atom stereocenters. The van der Waals surface area contributed by atoms with Gasteiger partial charge in [-0.25, -0.2) is 8.78 Å². The number of hydrogen-bond acceptors (Lipinski definition) is 1. The van der Waals surface area contributed by atoms with Crippen molar-refractivity contribution in [2.45, 2.75) is 32.2 Å². The Kier molecular flexibility index (Phi) is 2.74. The molecule has 1 aliphatic rings. The maximum atomic E-state index is 13.6. The second-order valence-electron chi connectivity index (χ2n) is 4.32. The molecule has 15 heavy (non-hydrogen) atoms. The van der Waals surface area contributed by atoms with E-state index in [0.717, 1.165) is 19.3 Å². The lowest BCUT2D eigenvalue weighted by molar-refractivity contribution is 0.259. The van der Waals surface area contributed by atoms with Crippen molar-refractivity contribution in [3.05, 3.63) is 34.9 Å². The van der Waals surface area contributed by atoms with Crippen LogP contribution in [0, 0.1) is 24.5 Å². The topological polar surface area (TPSA) is 26.0 Å². The van der Waals surface area contributed by atoms with E-state index in [1.165, 1.54) is 0 Å². The van der Waals surface area contributed by atoms with Gasteiger partial charge in [-0.2, -0.15) is 0 Å². The van der Waals surface area contributed by atoms with Crippen LogP contribution in [0.1, 0.15) is 36.4 Å². The zero-order chi connectivity index (χ0) is 11.0. The molecule has 0 aromatic heterocycles. The number of nitrogens with two attached hydrogens (primary N) is 1. The highest BCUT2D eigenvalue weighted by atomic mass is 19.2. The summed E-state index contributed by atoms with van der Waals surface area (Å²) in [5.74, 6) is -1.21. The van der Waals surface area contributed by atoms with Crippen LogP contribution in [0.2, 0.25) is 0 Å². The number of benzene rings is 1. The molecule has 1 saturated carbocycles. The van der Waals surface area contributed by atoms with Crippen molar-refractivity contribution in [2.75, 3.05) is 0 Å². The first-order valence-corrected chi connectivity index (χ1v) is 5.31. The lowest BCUT2D eigenvalue weighted by Crippen LogP contribution is -2.27. The van der Waals surface area contributed by atoms with Crippen LogP contribution in [-0.2, 0) is 0 Å². The van der Waals surface area contributed by atoms with E-state index in [1.807, 2.05) is 0 Å². The summed E-state index contributed by atoms with van der Waals surface area (Å²) < 4.78 is 26.9. The minimum Gasteiger partial charge on any atom is -0.324 e. The van der Waals surface area contributed by atoms with Crippen LogP contribution in [0.25, 0.3) is 0 Å². The molecule has 1 nitrogen and oxygen atoms in total. The smallest absolute Gasteiger partial charge is 0.163 e. The van der Waals surface area contributed by atoms with Crippen LogP contribution in [0.5, 0.6) is 0 Å². The van der Waals surface area contributed by atoms with E-state index in [4.69, 9.17) is 5.73 Å². The van der Waals surface area contributed by atoms with Gasteiger partial charge in [0.15, 0.2) is 11.6 Å². The molecule has 82 valence electrons. The van der Waals surface area contributed by atoms with Gasteiger partial charge in [-0.15, -0.1) is 0 Å². The molecular formula is C12H15F2N. The van der Waals surface area contributed by atoms with E-state index in [2.05, 4.69) is 0 Å². The highest BCUT2D eigenvalue weighted by Gasteiger charge is 2.28. The standard InChI is InChI=1S/C12H15F2N/c1-7-5-6-9(11(14)10(7)13)12(15)8-3-2-4-8/h5-6,8,12H,2-4,15H2,1H3/t12-/m1/s1. The van der Waals surface area contributed by atoms with Gasteiger partial charge in [0.25, 0.3) is 0 Å². The monoisotopic (exact) mass is 211 g/mol. The Morgan fingerprint density at radius 2 is 1.93 bits per heavy atom. The van der Waals surface area contributed by atoms with Crippen molar-refractivity contribution in [1.29, 1.82) is 0 Å². The summed E-state index contributed by atoms with van der Waals surface area (Å²) >= 11 is 0. The van der Waals surface area contributed by atoms with Crippen molar-refractivity contribution in [1.82, 2.24) is 0 Å². The number of rotatable bonds is 2. The summed E-state index contributed by atoms with van der Waals surface area (Å²) in [4.78, 5) is 0. The van der Waals surface area contributed by atoms with E-state index in [1.54, 1.807) is 19.1 Å². The predicted octanol–water partition coefficient (Wildman–Crippen LogP) is 3.07. The van der Waals surface area contributed by atoms with Gasteiger partial charge >= 0.3 is 0 Å². The normalized spacial score (nSPS) is 18.7. The van der Waals surface area contributed by atoms with Gasteiger partial charge in [0.2, 0.25) is 0 Å². The molecule has 3 heteroatoms. The van der Waals surface area contributed by atoms with Gasteiger partial charge in [-0.05, 0) is 31.2 Å². The number of halogens is 2. The molecule has 0 unspecified atom stereocenters. The van der Waals surface area contributed by atoms with Gasteiger partial charge in [0, 0.05) is 11.6 Å². The summed E-state index contributed by atoms with van der Waals surface area (Å²) in [6, 6.07) is 2.84. The van der Waals surface area contributed by atoms with Gasteiger partial charge in [0.05, 0.1) is 0 Å². The molecule has 1 aromatic rings. The van der Waals surface area contributed by atoms with Crippen LogP contribution >= 0.6 is 0 Å². The molecule has 0 spiro atoms. The van der Waals surface area contributed by atoms with E-state index in [0.29, 0.717) is 17.0 Å². The molecule has 0 radical (unpaired) electrons. The Bertz CT molecular complexity index is 372. The molecule has 1 aliphatic carbocycles. The first-order valence-electron chi connectivity index (χ1n) is 5.31. The minimum absolute atomic E-state index is 0.321. The van der Waals surface area contributed by atoms with Crippen molar-refractivity contribution < 1.29 is 8.78 Å². The fourth-order valence-electron chi connectivity index (χ4n) is 1.97. The molecule has 0 amide bonds. The molecular weight excluding hydrogens is 196 g/mol. The lowest BCUT2D eigenvalue weighted by Gasteiger charge is -2.31. The van der Waals surface area contributed by atoms with Gasteiger partial charge in [-0.3, -0.25) is 0 Å². The Morgan fingerprint density at radius 1 is 1.27 bits per heavy atom. The van der Waals surface area contributed by atoms with E-state index in [-0.39, 0.29) is 6.04 Å². The maximum absolute atomic E-state index is 13.6. The minimum atomic E-state index is -0.769. The van der Waals surface area contributed by atoms with Crippen LogP contribution in [-0.4, -0.2) is 0 Å². The van der Waals surface area contributed by atoms with Crippen molar-refractivity contribution in [3.63, 3.8) is 0 Å². The largest absolute Gasteiger partial charge is 0.324 e. The third-order valence-electron chi connectivity index (χ3n) is 3.32. The quantitative estimate of drug-likeness (QED) is 0.799. The zero-order valence-electron chi connectivity index (χ0n) is 8.76. The Balaban J connectivity index is 2.31. The van der Waals surface area contributed by atoms with Gasteiger partial charge in [0.1, 0.15) is 0 Å². The van der Waals surface area contributed by atoms with Crippen LogP contribution in [0.4, 0.5) is 8.78 Å². The predicted molar refractivity (Wildman–Crippen MR) is 55.4 cm³/mol. The number of aryl methyl sites for hydroxylation is 1. The molecule has 1 aromatic carbocycles. The second kappa shape index (κ2) is 3.89. The SMILES string of the molecule is Cc1ccc([C@H](N)C2CCC2)c(F)c1F. The maximum Gasteiger partial charge on any atom is 0.163 e.